The molecule has 1 amide bonds. The Morgan fingerprint density at radius 3 is 2.87 bits per heavy atom. The van der Waals surface area contributed by atoms with Crippen LogP contribution in [0.15, 0.2) is 36.7 Å². The van der Waals surface area contributed by atoms with E-state index in [1.165, 1.54) is 0 Å². The minimum absolute atomic E-state index is 0.0774. The van der Waals surface area contributed by atoms with Crippen LogP contribution in [-0.4, -0.2) is 20.4 Å². The number of carbonyl (C=O) groups excluding carboxylic acids is 1. The van der Waals surface area contributed by atoms with Crippen LogP contribution in [0, 0.1) is 12.8 Å². The summed E-state index contributed by atoms with van der Waals surface area (Å²) in [6, 6.07) is 8.02. The molecule has 0 saturated heterocycles. The Kier molecular flexibility index (Phi) is 3.15. The summed E-state index contributed by atoms with van der Waals surface area (Å²) in [6.45, 7) is 2.06. The topological polar surface area (TPSA) is 59.8 Å². The lowest BCUT2D eigenvalue weighted by Crippen LogP contribution is -2.14. The number of aryl methyl sites for hydroxylation is 2. The number of aromatic nitrogens is 3. The summed E-state index contributed by atoms with van der Waals surface area (Å²) in [7, 11) is 2.01. The molecule has 0 aromatic carbocycles. The summed E-state index contributed by atoms with van der Waals surface area (Å²) in [5.74, 6) is 0.868. The Bertz CT molecular complexity index is 909. The Labute approximate surface area is 134 Å². The molecule has 1 saturated carbocycles. The predicted molar refractivity (Wildman–Crippen MR) is 90.0 cm³/mol. The molecular weight excluding hydrogens is 288 g/mol. The van der Waals surface area contributed by atoms with Crippen LogP contribution in [0.2, 0.25) is 0 Å². The van der Waals surface area contributed by atoms with Gasteiger partial charge in [0, 0.05) is 24.5 Å². The van der Waals surface area contributed by atoms with Crippen LogP contribution in [0.4, 0.5) is 5.82 Å². The molecule has 1 fully saturated rings. The molecule has 3 aromatic heterocycles. The van der Waals surface area contributed by atoms with Gasteiger partial charge in [-0.25, -0.2) is 4.98 Å². The molecule has 0 spiro atoms. The lowest BCUT2D eigenvalue weighted by atomic mass is 10.1. The minimum atomic E-state index is 0.0774. The molecule has 4 rings (SSSR count). The summed E-state index contributed by atoms with van der Waals surface area (Å²) in [4.78, 5) is 20.8. The van der Waals surface area contributed by atoms with Crippen molar-refractivity contribution in [3.8, 4) is 11.4 Å². The van der Waals surface area contributed by atoms with Crippen molar-refractivity contribution in [3.05, 3.63) is 42.2 Å². The van der Waals surface area contributed by atoms with Crippen molar-refractivity contribution in [2.45, 2.75) is 19.8 Å². The number of pyridine rings is 2. The second-order valence-electron chi connectivity index (χ2n) is 6.15. The van der Waals surface area contributed by atoms with Crippen LogP contribution >= 0.6 is 0 Å². The van der Waals surface area contributed by atoms with Crippen LogP contribution in [0.1, 0.15) is 18.4 Å². The van der Waals surface area contributed by atoms with Crippen LogP contribution in [0.5, 0.6) is 0 Å². The first-order valence-electron chi connectivity index (χ1n) is 7.82. The standard InChI is InChI=1S/C18H18N4O/c1-11-4-3-7-19-17(11)14-8-13-9-16(20-10-15(13)22(14)2)21-18(23)12-5-6-12/h3-4,7-10,12H,5-6H2,1-2H3,(H,20,21,23). The van der Waals surface area contributed by atoms with Crippen molar-refractivity contribution < 1.29 is 4.79 Å². The van der Waals surface area contributed by atoms with Crippen molar-refractivity contribution in [1.82, 2.24) is 14.5 Å². The van der Waals surface area contributed by atoms with Crippen LogP contribution in [0.25, 0.3) is 22.3 Å². The molecule has 116 valence electrons. The number of hydrogen-bond donors (Lipinski definition) is 1. The molecule has 0 aliphatic heterocycles. The molecule has 1 N–H and O–H groups in total. The SMILES string of the molecule is Cc1cccnc1-c1cc2cc(NC(=O)C3CC3)ncc2n1C. The molecule has 23 heavy (non-hydrogen) atoms. The van der Waals surface area contributed by atoms with Gasteiger partial charge in [0.1, 0.15) is 5.82 Å². The summed E-state index contributed by atoms with van der Waals surface area (Å²) in [5.41, 5.74) is 4.17. The molecule has 0 bridgehead atoms. The third kappa shape index (κ3) is 2.48. The fraction of sp³-hybridized carbons (Fsp3) is 0.278. The second kappa shape index (κ2) is 5.19. The first-order chi connectivity index (χ1) is 11.1. The van der Waals surface area contributed by atoms with E-state index in [1.54, 1.807) is 12.4 Å². The lowest BCUT2D eigenvalue weighted by Gasteiger charge is -2.06. The van der Waals surface area contributed by atoms with Gasteiger partial charge in [-0.2, -0.15) is 0 Å². The largest absolute Gasteiger partial charge is 0.341 e. The van der Waals surface area contributed by atoms with Gasteiger partial charge in [0.05, 0.1) is 23.1 Å². The molecule has 5 heteroatoms. The van der Waals surface area contributed by atoms with E-state index >= 15 is 0 Å². The zero-order chi connectivity index (χ0) is 16.0. The maximum absolute atomic E-state index is 11.9. The van der Waals surface area contributed by atoms with E-state index in [-0.39, 0.29) is 11.8 Å². The number of nitrogens with zero attached hydrogens (tertiary/aromatic N) is 3. The van der Waals surface area contributed by atoms with Crippen LogP contribution in [0.3, 0.4) is 0 Å². The van der Waals surface area contributed by atoms with Gasteiger partial charge in [-0.3, -0.25) is 9.78 Å². The monoisotopic (exact) mass is 306 g/mol. The van der Waals surface area contributed by atoms with Gasteiger partial charge >= 0.3 is 0 Å². The highest BCUT2D eigenvalue weighted by atomic mass is 16.2. The average Bonchev–Trinajstić information content (AvgIpc) is 3.34. The first kappa shape index (κ1) is 13.9. The van der Waals surface area contributed by atoms with Gasteiger partial charge in [-0.15, -0.1) is 0 Å². The molecule has 1 aliphatic carbocycles. The molecule has 3 aromatic rings. The maximum Gasteiger partial charge on any atom is 0.228 e. The highest BCUT2D eigenvalue weighted by Crippen LogP contribution is 2.31. The van der Waals surface area contributed by atoms with Gasteiger partial charge in [0.15, 0.2) is 0 Å². The van der Waals surface area contributed by atoms with E-state index in [9.17, 15) is 4.79 Å². The minimum Gasteiger partial charge on any atom is -0.341 e. The normalized spacial score (nSPS) is 14.2. The molecule has 3 heterocycles. The summed E-state index contributed by atoms with van der Waals surface area (Å²) < 4.78 is 2.09. The Morgan fingerprint density at radius 1 is 1.30 bits per heavy atom. The zero-order valence-corrected chi connectivity index (χ0v) is 13.2. The number of anilines is 1. The summed E-state index contributed by atoms with van der Waals surface area (Å²) in [6.07, 6.45) is 5.59. The quantitative estimate of drug-likeness (QED) is 0.807. The number of amides is 1. The number of carbonyl (C=O) groups is 1. The van der Waals surface area contributed by atoms with E-state index in [4.69, 9.17) is 0 Å². The molecule has 5 nitrogen and oxygen atoms in total. The van der Waals surface area contributed by atoms with Gasteiger partial charge in [-0.1, -0.05) is 6.07 Å². The number of hydrogen-bond acceptors (Lipinski definition) is 3. The Hall–Kier alpha value is -2.69. The van der Waals surface area contributed by atoms with E-state index in [0.29, 0.717) is 5.82 Å². The van der Waals surface area contributed by atoms with Gasteiger partial charge in [-0.05, 0) is 43.5 Å². The van der Waals surface area contributed by atoms with E-state index in [1.807, 2.05) is 19.2 Å². The third-order valence-electron chi connectivity index (χ3n) is 4.38. The summed E-state index contributed by atoms with van der Waals surface area (Å²) >= 11 is 0. The fourth-order valence-electron chi connectivity index (χ4n) is 2.86. The van der Waals surface area contributed by atoms with Gasteiger partial charge in [0.25, 0.3) is 0 Å². The van der Waals surface area contributed by atoms with Gasteiger partial charge < -0.3 is 9.88 Å². The lowest BCUT2D eigenvalue weighted by molar-refractivity contribution is -0.117. The first-order valence-corrected chi connectivity index (χ1v) is 7.82. The van der Waals surface area contributed by atoms with E-state index < -0.39 is 0 Å². The zero-order valence-electron chi connectivity index (χ0n) is 13.2. The second-order valence-corrected chi connectivity index (χ2v) is 6.15. The van der Waals surface area contributed by atoms with Crippen molar-refractivity contribution in [1.29, 1.82) is 0 Å². The van der Waals surface area contributed by atoms with Crippen molar-refractivity contribution in [3.63, 3.8) is 0 Å². The van der Waals surface area contributed by atoms with Crippen molar-refractivity contribution >= 4 is 22.6 Å². The number of rotatable bonds is 3. The Morgan fingerprint density at radius 2 is 2.13 bits per heavy atom. The Balaban J connectivity index is 1.75. The highest BCUT2D eigenvalue weighted by Gasteiger charge is 2.29. The van der Waals surface area contributed by atoms with E-state index in [2.05, 4.69) is 38.9 Å². The molecular formula is C18H18N4O. The smallest absolute Gasteiger partial charge is 0.228 e. The molecule has 0 atom stereocenters. The average molecular weight is 306 g/mol. The third-order valence-corrected chi connectivity index (χ3v) is 4.38. The summed E-state index contributed by atoms with van der Waals surface area (Å²) in [5, 5.41) is 3.95. The fourth-order valence-corrected chi connectivity index (χ4v) is 2.86. The van der Waals surface area contributed by atoms with Crippen LogP contribution in [-0.2, 0) is 11.8 Å². The van der Waals surface area contributed by atoms with Gasteiger partial charge in [0.2, 0.25) is 5.91 Å². The van der Waals surface area contributed by atoms with Crippen LogP contribution < -0.4 is 5.32 Å². The highest BCUT2D eigenvalue weighted by molar-refractivity contribution is 5.95. The predicted octanol–water partition coefficient (Wildman–Crippen LogP) is 3.29. The van der Waals surface area contributed by atoms with Crippen molar-refractivity contribution in [2.24, 2.45) is 13.0 Å². The van der Waals surface area contributed by atoms with Crippen molar-refractivity contribution in [2.75, 3.05) is 5.32 Å². The molecule has 0 radical (unpaired) electrons. The maximum atomic E-state index is 11.9. The molecule has 0 unspecified atom stereocenters. The van der Waals surface area contributed by atoms with E-state index in [0.717, 1.165) is 40.7 Å². The molecule has 1 aliphatic rings. The number of fused-ring (bicyclic) bond motifs is 1. The number of nitrogens with one attached hydrogen (secondary N) is 1.